The second kappa shape index (κ2) is 9.31. The van der Waals surface area contributed by atoms with Gasteiger partial charge < -0.3 is 24.3 Å². The summed E-state index contributed by atoms with van der Waals surface area (Å²) in [4.78, 5) is 24.5. The van der Waals surface area contributed by atoms with Gasteiger partial charge in [-0.25, -0.2) is 4.79 Å². The molecule has 2 rings (SSSR count). The molecule has 26 heavy (non-hydrogen) atoms. The largest absolute Gasteiger partial charge is 0.490 e. The molecule has 1 atom stereocenters. The molecule has 0 aliphatic heterocycles. The van der Waals surface area contributed by atoms with E-state index >= 15 is 0 Å². The van der Waals surface area contributed by atoms with Crippen LogP contribution in [-0.4, -0.2) is 43.8 Å². The third-order valence-electron chi connectivity index (χ3n) is 3.72. The van der Waals surface area contributed by atoms with Gasteiger partial charge in [-0.2, -0.15) is 0 Å². The molecule has 1 N–H and O–H groups in total. The summed E-state index contributed by atoms with van der Waals surface area (Å²) in [6.07, 6.45) is 1.07. The van der Waals surface area contributed by atoms with Gasteiger partial charge in [0.25, 0.3) is 5.91 Å². The minimum atomic E-state index is -0.874. The molecule has 0 unspecified atom stereocenters. The summed E-state index contributed by atoms with van der Waals surface area (Å²) in [7, 11) is 0. The van der Waals surface area contributed by atoms with Crippen LogP contribution in [0.5, 0.6) is 17.2 Å². The molecule has 1 aromatic rings. The van der Waals surface area contributed by atoms with E-state index in [-0.39, 0.29) is 17.5 Å². The van der Waals surface area contributed by atoms with Gasteiger partial charge >= 0.3 is 5.97 Å². The van der Waals surface area contributed by atoms with Gasteiger partial charge in [0.2, 0.25) is 5.75 Å². The monoisotopic (exact) mass is 365 g/mol. The first-order valence-corrected chi connectivity index (χ1v) is 9.07. The maximum atomic E-state index is 12.5. The van der Waals surface area contributed by atoms with E-state index in [2.05, 4.69) is 5.32 Å². The van der Waals surface area contributed by atoms with Gasteiger partial charge in [-0.05, 0) is 52.7 Å². The van der Waals surface area contributed by atoms with Crippen LogP contribution >= 0.6 is 0 Å². The number of amides is 1. The number of hydrogen-bond donors (Lipinski definition) is 1. The molecule has 1 fully saturated rings. The summed E-state index contributed by atoms with van der Waals surface area (Å²) in [5.74, 6) is 0.354. The minimum Gasteiger partial charge on any atom is -0.490 e. The first-order chi connectivity index (χ1) is 12.5. The molecule has 1 aromatic carbocycles. The van der Waals surface area contributed by atoms with Crippen LogP contribution in [0.3, 0.4) is 0 Å². The fourth-order valence-electron chi connectivity index (χ4n) is 2.33. The Morgan fingerprint density at radius 1 is 1.04 bits per heavy atom. The molecule has 0 heterocycles. The van der Waals surface area contributed by atoms with Crippen molar-refractivity contribution in [3.63, 3.8) is 0 Å². The van der Waals surface area contributed by atoms with Gasteiger partial charge in [-0.3, -0.25) is 4.79 Å². The van der Waals surface area contributed by atoms with E-state index in [0.29, 0.717) is 37.1 Å². The Morgan fingerprint density at radius 3 is 2.04 bits per heavy atom. The Labute approximate surface area is 153 Å². The van der Waals surface area contributed by atoms with Crippen LogP contribution in [0.2, 0.25) is 0 Å². The highest BCUT2D eigenvalue weighted by atomic mass is 16.6. The summed E-state index contributed by atoms with van der Waals surface area (Å²) >= 11 is 0. The van der Waals surface area contributed by atoms with Crippen molar-refractivity contribution in [2.45, 2.75) is 52.7 Å². The number of ether oxygens (including phenoxy) is 4. The Kier molecular flexibility index (Phi) is 7.12. The Balaban J connectivity index is 2.19. The predicted octanol–water partition coefficient (Wildman–Crippen LogP) is 2.71. The lowest BCUT2D eigenvalue weighted by atomic mass is 10.1. The smallest absolute Gasteiger partial charge is 0.339 e. The first kappa shape index (κ1) is 19.9. The molecule has 0 saturated heterocycles. The second-order valence-electron chi connectivity index (χ2n) is 5.93. The zero-order valence-electron chi connectivity index (χ0n) is 15.8. The molecular weight excluding hydrogens is 338 g/mol. The Bertz CT molecular complexity index is 614. The van der Waals surface area contributed by atoms with E-state index in [1.807, 2.05) is 20.8 Å². The van der Waals surface area contributed by atoms with Crippen molar-refractivity contribution in [3.05, 3.63) is 17.7 Å². The van der Waals surface area contributed by atoms with Crippen molar-refractivity contribution in [2.75, 3.05) is 19.8 Å². The third kappa shape index (κ3) is 5.28. The van der Waals surface area contributed by atoms with Gasteiger partial charge in [-0.15, -0.1) is 0 Å². The fraction of sp³-hybridized carbons (Fsp3) is 0.579. The first-order valence-electron chi connectivity index (χ1n) is 9.07. The SMILES string of the molecule is CCOc1cc(C(=O)O[C@@H](C)C(=O)NC2CC2)cc(OCC)c1OCC. The standard InChI is InChI=1S/C19H27NO6/c1-5-23-15-10-13(11-16(24-6-2)17(15)25-7-3)19(22)26-12(4)18(21)20-14-8-9-14/h10-12,14H,5-9H2,1-4H3,(H,20,21)/t12-/m0/s1. The number of carbonyl (C=O) groups is 2. The molecule has 0 aromatic heterocycles. The highest BCUT2D eigenvalue weighted by Gasteiger charge is 2.28. The second-order valence-corrected chi connectivity index (χ2v) is 5.93. The van der Waals surface area contributed by atoms with Crippen LogP contribution in [0.4, 0.5) is 0 Å². The molecule has 1 aliphatic rings. The molecule has 7 nitrogen and oxygen atoms in total. The average Bonchev–Trinajstić information content (AvgIpc) is 3.41. The van der Waals surface area contributed by atoms with Crippen LogP contribution < -0.4 is 19.5 Å². The number of esters is 1. The average molecular weight is 365 g/mol. The van der Waals surface area contributed by atoms with Gasteiger partial charge in [0, 0.05) is 6.04 Å². The lowest BCUT2D eigenvalue weighted by Crippen LogP contribution is -2.37. The molecule has 0 bridgehead atoms. The molecular formula is C19H27NO6. The van der Waals surface area contributed by atoms with Crippen molar-refractivity contribution >= 4 is 11.9 Å². The Hall–Kier alpha value is -2.44. The topological polar surface area (TPSA) is 83.1 Å². The zero-order chi connectivity index (χ0) is 19.1. The fourth-order valence-corrected chi connectivity index (χ4v) is 2.33. The molecule has 0 radical (unpaired) electrons. The number of carbonyl (C=O) groups excluding carboxylic acids is 2. The Morgan fingerprint density at radius 2 is 1.58 bits per heavy atom. The van der Waals surface area contributed by atoms with Crippen LogP contribution in [0.15, 0.2) is 12.1 Å². The van der Waals surface area contributed by atoms with Crippen LogP contribution in [-0.2, 0) is 9.53 Å². The lowest BCUT2D eigenvalue weighted by Gasteiger charge is -2.18. The third-order valence-corrected chi connectivity index (χ3v) is 3.72. The lowest BCUT2D eigenvalue weighted by molar-refractivity contribution is -0.129. The maximum Gasteiger partial charge on any atom is 0.339 e. The van der Waals surface area contributed by atoms with Gasteiger partial charge in [0.05, 0.1) is 25.4 Å². The summed E-state index contributed by atoms with van der Waals surface area (Å²) in [5.41, 5.74) is 0.242. The van der Waals surface area contributed by atoms with E-state index in [4.69, 9.17) is 18.9 Å². The number of nitrogens with one attached hydrogen (secondary N) is 1. The molecule has 1 amide bonds. The van der Waals surface area contributed by atoms with Crippen molar-refractivity contribution in [2.24, 2.45) is 0 Å². The van der Waals surface area contributed by atoms with Gasteiger partial charge in [0.15, 0.2) is 17.6 Å². The molecule has 1 aliphatic carbocycles. The summed E-state index contributed by atoms with van der Waals surface area (Å²) in [5, 5.41) is 2.81. The normalized spacial score (nSPS) is 14.3. The summed E-state index contributed by atoms with van der Waals surface area (Å²) < 4.78 is 22.1. The van der Waals surface area contributed by atoms with Gasteiger partial charge in [0.1, 0.15) is 0 Å². The predicted molar refractivity (Wildman–Crippen MR) is 96.0 cm³/mol. The molecule has 7 heteroatoms. The summed E-state index contributed by atoms with van der Waals surface area (Å²) in [6, 6.07) is 3.30. The van der Waals surface area contributed by atoms with Crippen molar-refractivity contribution < 1.29 is 28.5 Å². The summed E-state index contributed by atoms with van der Waals surface area (Å²) in [6.45, 7) is 8.33. The number of rotatable bonds is 10. The van der Waals surface area contributed by atoms with E-state index in [9.17, 15) is 9.59 Å². The van der Waals surface area contributed by atoms with E-state index < -0.39 is 12.1 Å². The number of benzene rings is 1. The van der Waals surface area contributed by atoms with Crippen molar-refractivity contribution in [3.8, 4) is 17.2 Å². The molecule has 0 spiro atoms. The van der Waals surface area contributed by atoms with E-state index in [0.717, 1.165) is 12.8 Å². The van der Waals surface area contributed by atoms with Crippen molar-refractivity contribution in [1.82, 2.24) is 5.32 Å². The molecule has 144 valence electrons. The zero-order valence-corrected chi connectivity index (χ0v) is 15.8. The van der Waals surface area contributed by atoms with E-state index in [1.165, 1.54) is 0 Å². The van der Waals surface area contributed by atoms with Gasteiger partial charge in [-0.1, -0.05) is 0 Å². The van der Waals surface area contributed by atoms with Crippen LogP contribution in [0, 0.1) is 0 Å². The van der Waals surface area contributed by atoms with Crippen LogP contribution in [0.1, 0.15) is 50.9 Å². The quantitative estimate of drug-likeness (QED) is 0.642. The van der Waals surface area contributed by atoms with Crippen molar-refractivity contribution in [1.29, 1.82) is 0 Å². The van der Waals surface area contributed by atoms with E-state index in [1.54, 1.807) is 19.1 Å². The highest BCUT2D eigenvalue weighted by Crippen LogP contribution is 2.39. The minimum absolute atomic E-state index is 0.211. The highest BCUT2D eigenvalue weighted by molar-refractivity contribution is 5.93. The maximum absolute atomic E-state index is 12.5. The molecule has 1 saturated carbocycles. The number of hydrogen-bond acceptors (Lipinski definition) is 6. The van der Waals surface area contributed by atoms with Crippen LogP contribution in [0.25, 0.3) is 0 Å².